The van der Waals surface area contributed by atoms with Gasteiger partial charge >= 0.3 is 0 Å². The van der Waals surface area contributed by atoms with Crippen LogP contribution in [0.2, 0.25) is 0 Å². The van der Waals surface area contributed by atoms with Gasteiger partial charge in [0.1, 0.15) is 11.6 Å². The van der Waals surface area contributed by atoms with Crippen LogP contribution in [0.5, 0.6) is 17.2 Å². The molecule has 8 heteroatoms. The SMILES string of the molecule is COc1ccc(CN(c2ccc(OC)c(OC)c2)S(=O)(=O)c2ccc(C)c(F)c2)cc1. The quantitative estimate of drug-likeness (QED) is 0.509. The third-order valence-electron chi connectivity index (χ3n) is 4.87. The highest BCUT2D eigenvalue weighted by molar-refractivity contribution is 7.92. The second kappa shape index (κ2) is 9.26. The summed E-state index contributed by atoms with van der Waals surface area (Å²) in [7, 11) is 0.441. The Balaban J connectivity index is 2.11. The fourth-order valence-corrected chi connectivity index (χ4v) is 4.51. The Morgan fingerprint density at radius 2 is 1.52 bits per heavy atom. The summed E-state index contributed by atoms with van der Waals surface area (Å²) in [6, 6.07) is 15.7. The van der Waals surface area contributed by atoms with Crippen LogP contribution in [0, 0.1) is 12.7 Å². The van der Waals surface area contributed by atoms with E-state index in [1.54, 1.807) is 56.5 Å². The van der Waals surface area contributed by atoms with Crippen LogP contribution in [0.1, 0.15) is 11.1 Å². The first-order chi connectivity index (χ1) is 14.8. The van der Waals surface area contributed by atoms with E-state index >= 15 is 0 Å². The monoisotopic (exact) mass is 445 g/mol. The lowest BCUT2D eigenvalue weighted by atomic mass is 10.2. The maximum absolute atomic E-state index is 14.2. The first-order valence-electron chi connectivity index (χ1n) is 9.44. The summed E-state index contributed by atoms with van der Waals surface area (Å²) in [5.41, 5.74) is 1.45. The average Bonchev–Trinajstić information content (AvgIpc) is 2.79. The highest BCUT2D eigenvalue weighted by Gasteiger charge is 2.27. The van der Waals surface area contributed by atoms with Crippen molar-refractivity contribution in [3.05, 3.63) is 77.6 Å². The van der Waals surface area contributed by atoms with E-state index in [4.69, 9.17) is 14.2 Å². The Morgan fingerprint density at radius 3 is 2.10 bits per heavy atom. The van der Waals surface area contributed by atoms with E-state index in [9.17, 15) is 12.8 Å². The Hall–Kier alpha value is -3.26. The van der Waals surface area contributed by atoms with Gasteiger partial charge in [-0.05, 0) is 54.4 Å². The number of halogens is 1. The van der Waals surface area contributed by atoms with Gasteiger partial charge in [-0.1, -0.05) is 18.2 Å². The lowest BCUT2D eigenvalue weighted by molar-refractivity contribution is 0.355. The highest BCUT2D eigenvalue weighted by Crippen LogP contribution is 2.35. The van der Waals surface area contributed by atoms with Gasteiger partial charge in [0.05, 0.1) is 38.5 Å². The number of ether oxygens (including phenoxy) is 3. The number of sulfonamides is 1. The number of rotatable bonds is 8. The molecule has 0 aliphatic carbocycles. The van der Waals surface area contributed by atoms with E-state index in [1.165, 1.54) is 30.7 Å². The van der Waals surface area contributed by atoms with Crippen molar-refractivity contribution < 1.29 is 27.0 Å². The van der Waals surface area contributed by atoms with Crippen molar-refractivity contribution in [2.24, 2.45) is 0 Å². The zero-order chi connectivity index (χ0) is 22.6. The third-order valence-corrected chi connectivity index (χ3v) is 6.64. The van der Waals surface area contributed by atoms with Gasteiger partial charge in [-0.2, -0.15) is 0 Å². The topological polar surface area (TPSA) is 65.1 Å². The molecule has 6 nitrogen and oxygen atoms in total. The van der Waals surface area contributed by atoms with E-state index in [0.29, 0.717) is 28.5 Å². The summed E-state index contributed by atoms with van der Waals surface area (Å²) < 4.78 is 58.2. The fraction of sp³-hybridized carbons (Fsp3) is 0.217. The number of hydrogen-bond donors (Lipinski definition) is 0. The van der Waals surface area contributed by atoms with Gasteiger partial charge in [-0.25, -0.2) is 12.8 Å². The van der Waals surface area contributed by atoms with E-state index in [1.807, 2.05) is 0 Å². The lowest BCUT2D eigenvalue weighted by Crippen LogP contribution is -2.30. The molecule has 0 saturated carbocycles. The third kappa shape index (κ3) is 4.74. The molecule has 0 aliphatic rings. The van der Waals surface area contributed by atoms with Crippen LogP contribution in [0.3, 0.4) is 0 Å². The van der Waals surface area contributed by atoms with Gasteiger partial charge in [-0.3, -0.25) is 4.31 Å². The minimum absolute atomic E-state index is 0.0251. The van der Waals surface area contributed by atoms with E-state index in [-0.39, 0.29) is 11.4 Å². The molecule has 0 spiro atoms. The van der Waals surface area contributed by atoms with Crippen molar-refractivity contribution >= 4 is 15.7 Å². The molecule has 3 aromatic carbocycles. The minimum atomic E-state index is -4.09. The molecule has 0 radical (unpaired) electrons. The van der Waals surface area contributed by atoms with Gasteiger partial charge in [0.25, 0.3) is 10.0 Å². The number of aryl methyl sites for hydroxylation is 1. The number of methoxy groups -OCH3 is 3. The van der Waals surface area contributed by atoms with E-state index in [2.05, 4.69) is 0 Å². The fourth-order valence-electron chi connectivity index (χ4n) is 3.05. The molecule has 3 rings (SSSR count). The molecule has 0 aromatic heterocycles. The van der Waals surface area contributed by atoms with Crippen molar-refractivity contribution in [2.75, 3.05) is 25.6 Å². The zero-order valence-electron chi connectivity index (χ0n) is 17.8. The molecule has 0 bridgehead atoms. The first-order valence-corrected chi connectivity index (χ1v) is 10.9. The van der Waals surface area contributed by atoms with Crippen LogP contribution < -0.4 is 18.5 Å². The maximum atomic E-state index is 14.2. The lowest BCUT2D eigenvalue weighted by Gasteiger charge is -2.26. The summed E-state index contributed by atoms with van der Waals surface area (Å²) in [6.45, 7) is 1.60. The second-order valence-electron chi connectivity index (χ2n) is 6.81. The van der Waals surface area contributed by atoms with Crippen LogP contribution in [0.25, 0.3) is 0 Å². The molecule has 164 valence electrons. The van der Waals surface area contributed by atoms with E-state index in [0.717, 1.165) is 11.6 Å². The Labute approximate surface area is 181 Å². The summed E-state index contributed by atoms with van der Waals surface area (Å²) in [4.78, 5) is -0.140. The van der Waals surface area contributed by atoms with Crippen molar-refractivity contribution in [1.82, 2.24) is 0 Å². The van der Waals surface area contributed by atoms with Crippen molar-refractivity contribution in [1.29, 1.82) is 0 Å². The second-order valence-corrected chi connectivity index (χ2v) is 8.67. The Bertz CT molecular complexity index is 1160. The summed E-state index contributed by atoms with van der Waals surface area (Å²) in [5, 5.41) is 0. The molecule has 0 saturated heterocycles. The van der Waals surface area contributed by atoms with Crippen molar-refractivity contribution in [3.63, 3.8) is 0 Å². The maximum Gasteiger partial charge on any atom is 0.264 e. The van der Waals surface area contributed by atoms with Crippen LogP contribution in [-0.2, 0) is 16.6 Å². The van der Waals surface area contributed by atoms with E-state index < -0.39 is 15.8 Å². The predicted octanol–water partition coefficient (Wildman–Crippen LogP) is 4.56. The molecule has 0 unspecified atom stereocenters. The summed E-state index contributed by atoms with van der Waals surface area (Å²) in [6.07, 6.45) is 0. The molecule has 0 aliphatic heterocycles. The smallest absolute Gasteiger partial charge is 0.264 e. The summed E-state index contributed by atoms with van der Waals surface area (Å²) >= 11 is 0. The molecule has 0 heterocycles. The van der Waals surface area contributed by atoms with Crippen LogP contribution in [0.15, 0.2) is 65.6 Å². The van der Waals surface area contributed by atoms with Gasteiger partial charge in [0.2, 0.25) is 0 Å². The number of nitrogens with zero attached hydrogens (tertiary/aromatic N) is 1. The van der Waals surface area contributed by atoms with Gasteiger partial charge < -0.3 is 14.2 Å². The summed E-state index contributed by atoms with van der Waals surface area (Å²) in [5.74, 6) is 0.919. The van der Waals surface area contributed by atoms with Crippen molar-refractivity contribution in [3.8, 4) is 17.2 Å². The number of hydrogen-bond acceptors (Lipinski definition) is 5. The molecule has 0 atom stereocenters. The molecular formula is C23H24FNO5S. The standard InChI is InChI=1S/C23H24FNO5S/c1-16-5-11-20(14-21(16)24)31(26,27)25(15-17-6-9-19(28-2)10-7-17)18-8-12-22(29-3)23(13-18)30-4/h5-14H,15H2,1-4H3. The molecule has 31 heavy (non-hydrogen) atoms. The normalized spacial score (nSPS) is 11.1. The van der Waals surface area contributed by atoms with Crippen LogP contribution in [-0.4, -0.2) is 29.7 Å². The molecule has 3 aromatic rings. The van der Waals surface area contributed by atoms with Crippen LogP contribution >= 0.6 is 0 Å². The predicted molar refractivity (Wildman–Crippen MR) is 117 cm³/mol. The molecule has 0 fully saturated rings. The molecule has 0 N–H and O–H groups in total. The molecular weight excluding hydrogens is 421 g/mol. The van der Waals surface area contributed by atoms with Crippen LogP contribution in [0.4, 0.5) is 10.1 Å². The minimum Gasteiger partial charge on any atom is -0.497 e. The molecule has 0 amide bonds. The average molecular weight is 446 g/mol. The van der Waals surface area contributed by atoms with Gasteiger partial charge in [0.15, 0.2) is 11.5 Å². The van der Waals surface area contributed by atoms with Crippen molar-refractivity contribution in [2.45, 2.75) is 18.4 Å². The van der Waals surface area contributed by atoms with Gasteiger partial charge in [-0.15, -0.1) is 0 Å². The zero-order valence-corrected chi connectivity index (χ0v) is 18.6. The largest absolute Gasteiger partial charge is 0.497 e. The number of benzene rings is 3. The highest BCUT2D eigenvalue weighted by atomic mass is 32.2. The van der Waals surface area contributed by atoms with Gasteiger partial charge in [0, 0.05) is 6.07 Å². The Kier molecular flexibility index (Phi) is 6.70. The Morgan fingerprint density at radius 1 is 0.839 bits per heavy atom. The first kappa shape index (κ1) is 22.4. The number of anilines is 1.